The van der Waals surface area contributed by atoms with E-state index in [9.17, 15) is 14.4 Å². The first kappa shape index (κ1) is 21.7. The number of nitrogens with one attached hydrogen (secondary N) is 1. The van der Waals surface area contributed by atoms with E-state index in [1.165, 1.54) is 11.8 Å². The number of hydrogen-bond donors (Lipinski definition) is 1. The number of hydrogen-bond acceptors (Lipinski definition) is 5. The Morgan fingerprint density at radius 2 is 1.71 bits per heavy atom. The Balaban J connectivity index is 2.18. The molecule has 1 aliphatic rings. The molecule has 0 bridgehead atoms. The van der Waals surface area contributed by atoms with Crippen LogP contribution in [0.5, 0.6) is 5.75 Å². The molecule has 1 atom stereocenters. The summed E-state index contributed by atoms with van der Waals surface area (Å²) in [7, 11) is 0. The van der Waals surface area contributed by atoms with Gasteiger partial charge in [-0.15, -0.1) is 0 Å². The second kappa shape index (κ2) is 8.63. The van der Waals surface area contributed by atoms with Crippen LogP contribution in [0.3, 0.4) is 0 Å². The monoisotopic (exact) mass is 390 g/mol. The van der Waals surface area contributed by atoms with Crippen molar-refractivity contribution in [2.24, 2.45) is 0 Å². The van der Waals surface area contributed by atoms with Gasteiger partial charge in [0.2, 0.25) is 5.91 Å². The number of piperidine rings is 1. The number of nitrogens with zero attached hydrogens (tertiary/aromatic N) is 1. The third-order valence-corrected chi connectivity index (χ3v) is 4.45. The third kappa shape index (κ3) is 5.71. The number of amides is 2. The SMILES string of the molecule is CC(=O)Oc1cc(C)c(NC(=O)C2CCCCN2C(=O)OC(C)(C)C)c(C)c1. The van der Waals surface area contributed by atoms with Crippen molar-refractivity contribution in [2.75, 3.05) is 11.9 Å². The van der Waals surface area contributed by atoms with Gasteiger partial charge in [-0.1, -0.05) is 0 Å². The molecular formula is C21H30N2O5. The Kier molecular flexibility index (Phi) is 6.69. The van der Waals surface area contributed by atoms with Crippen molar-refractivity contribution in [1.82, 2.24) is 4.90 Å². The average molecular weight is 390 g/mol. The summed E-state index contributed by atoms with van der Waals surface area (Å²) in [4.78, 5) is 38.2. The number of ether oxygens (including phenoxy) is 2. The summed E-state index contributed by atoms with van der Waals surface area (Å²) < 4.78 is 10.6. The molecule has 0 aromatic heterocycles. The fourth-order valence-electron chi connectivity index (χ4n) is 3.30. The maximum absolute atomic E-state index is 13.0. The van der Waals surface area contributed by atoms with E-state index in [1.807, 2.05) is 13.8 Å². The summed E-state index contributed by atoms with van der Waals surface area (Å²) in [5, 5.41) is 2.95. The lowest BCUT2D eigenvalue weighted by atomic mass is 10.0. The highest BCUT2D eigenvalue weighted by molar-refractivity contribution is 5.98. The second-order valence-corrected chi connectivity index (χ2v) is 8.20. The molecule has 7 heteroatoms. The van der Waals surface area contributed by atoms with Crippen molar-refractivity contribution in [3.63, 3.8) is 0 Å². The van der Waals surface area contributed by atoms with Gasteiger partial charge in [-0.3, -0.25) is 14.5 Å². The van der Waals surface area contributed by atoms with Crippen LogP contribution in [-0.4, -0.2) is 41.1 Å². The van der Waals surface area contributed by atoms with Gasteiger partial charge in [-0.25, -0.2) is 4.79 Å². The highest BCUT2D eigenvalue weighted by atomic mass is 16.6. The average Bonchev–Trinajstić information content (AvgIpc) is 2.56. The van der Waals surface area contributed by atoms with Gasteiger partial charge in [-0.05, 0) is 77.1 Å². The molecule has 0 radical (unpaired) electrons. The Bertz CT molecular complexity index is 744. The summed E-state index contributed by atoms with van der Waals surface area (Å²) in [5.74, 6) is -0.198. The van der Waals surface area contributed by atoms with Crippen LogP contribution in [0.15, 0.2) is 12.1 Å². The Morgan fingerprint density at radius 3 is 2.25 bits per heavy atom. The molecular weight excluding hydrogens is 360 g/mol. The summed E-state index contributed by atoms with van der Waals surface area (Å²) in [5.41, 5.74) is 1.61. The zero-order chi connectivity index (χ0) is 21.1. The third-order valence-electron chi connectivity index (χ3n) is 4.45. The summed E-state index contributed by atoms with van der Waals surface area (Å²) >= 11 is 0. The maximum Gasteiger partial charge on any atom is 0.410 e. The van der Waals surface area contributed by atoms with Crippen LogP contribution in [0.2, 0.25) is 0 Å². The zero-order valence-corrected chi connectivity index (χ0v) is 17.5. The van der Waals surface area contributed by atoms with E-state index >= 15 is 0 Å². The molecule has 2 amide bonds. The number of anilines is 1. The van der Waals surface area contributed by atoms with Gasteiger partial charge in [0.15, 0.2) is 0 Å². The van der Waals surface area contributed by atoms with Crippen LogP contribution in [0.4, 0.5) is 10.5 Å². The number of carbonyl (C=O) groups excluding carboxylic acids is 3. The number of likely N-dealkylation sites (tertiary alicyclic amines) is 1. The molecule has 28 heavy (non-hydrogen) atoms. The van der Waals surface area contributed by atoms with Crippen LogP contribution < -0.4 is 10.1 Å². The summed E-state index contributed by atoms with van der Waals surface area (Å²) in [6.07, 6.45) is 1.85. The number of esters is 1. The molecule has 1 aromatic rings. The van der Waals surface area contributed by atoms with Gasteiger partial charge in [0.25, 0.3) is 0 Å². The van der Waals surface area contributed by atoms with Gasteiger partial charge in [-0.2, -0.15) is 0 Å². The minimum Gasteiger partial charge on any atom is -0.444 e. The van der Waals surface area contributed by atoms with E-state index in [-0.39, 0.29) is 5.91 Å². The Hall–Kier alpha value is -2.57. The molecule has 1 saturated heterocycles. The molecule has 2 rings (SSSR count). The van der Waals surface area contributed by atoms with Gasteiger partial charge < -0.3 is 14.8 Å². The minimum absolute atomic E-state index is 0.239. The molecule has 0 saturated carbocycles. The van der Waals surface area contributed by atoms with Crippen molar-refractivity contribution >= 4 is 23.7 Å². The van der Waals surface area contributed by atoms with Crippen molar-refractivity contribution in [3.05, 3.63) is 23.3 Å². The standard InChI is InChI=1S/C21H30N2O5/c1-13-11-16(27-15(3)24)12-14(2)18(13)22-19(25)17-9-7-8-10-23(17)20(26)28-21(4,5)6/h11-12,17H,7-10H2,1-6H3,(H,22,25). The first-order chi connectivity index (χ1) is 13.0. The van der Waals surface area contributed by atoms with E-state index < -0.39 is 23.7 Å². The van der Waals surface area contributed by atoms with E-state index in [0.29, 0.717) is 24.4 Å². The van der Waals surface area contributed by atoms with E-state index in [1.54, 1.807) is 32.9 Å². The molecule has 1 fully saturated rings. The van der Waals surface area contributed by atoms with E-state index in [2.05, 4.69) is 5.32 Å². The van der Waals surface area contributed by atoms with Crippen molar-refractivity contribution in [1.29, 1.82) is 0 Å². The molecule has 1 aromatic carbocycles. The first-order valence-electron chi connectivity index (χ1n) is 9.58. The molecule has 154 valence electrons. The first-order valence-corrected chi connectivity index (χ1v) is 9.58. The van der Waals surface area contributed by atoms with Gasteiger partial charge in [0.1, 0.15) is 17.4 Å². The summed E-state index contributed by atoms with van der Waals surface area (Å²) in [6, 6.07) is 2.84. The smallest absolute Gasteiger partial charge is 0.410 e. The largest absolute Gasteiger partial charge is 0.444 e. The maximum atomic E-state index is 13.0. The van der Waals surface area contributed by atoms with Crippen molar-refractivity contribution in [3.8, 4) is 5.75 Å². The lowest BCUT2D eigenvalue weighted by Crippen LogP contribution is -2.51. The number of rotatable bonds is 3. The molecule has 1 unspecified atom stereocenters. The number of aryl methyl sites for hydroxylation is 2. The predicted molar refractivity (Wildman–Crippen MR) is 106 cm³/mol. The van der Waals surface area contributed by atoms with Crippen LogP contribution in [-0.2, 0) is 14.3 Å². The predicted octanol–water partition coefficient (Wildman–Crippen LogP) is 3.96. The highest BCUT2D eigenvalue weighted by Gasteiger charge is 2.35. The van der Waals surface area contributed by atoms with Crippen molar-refractivity contribution in [2.45, 2.75) is 72.4 Å². The topological polar surface area (TPSA) is 84.9 Å². The highest BCUT2D eigenvalue weighted by Crippen LogP contribution is 2.28. The van der Waals surface area contributed by atoms with Gasteiger partial charge in [0.05, 0.1) is 0 Å². The fraction of sp³-hybridized carbons (Fsp3) is 0.571. The number of benzene rings is 1. The molecule has 0 aliphatic carbocycles. The Labute approximate surface area is 166 Å². The van der Waals surface area contributed by atoms with E-state index in [4.69, 9.17) is 9.47 Å². The molecule has 0 spiro atoms. The normalized spacial score (nSPS) is 17.1. The zero-order valence-electron chi connectivity index (χ0n) is 17.5. The lowest BCUT2D eigenvalue weighted by molar-refractivity contribution is -0.131. The van der Waals surface area contributed by atoms with Crippen molar-refractivity contribution < 1.29 is 23.9 Å². The molecule has 1 aliphatic heterocycles. The molecule has 7 nitrogen and oxygen atoms in total. The minimum atomic E-state index is -0.616. The van der Waals surface area contributed by atoms with Crippen LogP contribution in [0.1, 0.15) is 58.1 Å². The second-order valence-electron chi connectivity index (χ2n) is 8.20. The van der Waals surface area contributed by atoms with Gasteiger partial charge in [0, 0.05) is 19.2 Å². The van der Waals surface area contributed by atoms with Crippen LogP contribution in [0, 0.1) is 13.8 Å². The number of carbonyl (C=O) groups is 3. The van der Waals surface area contributed by atoms with Crippen LogP contribution in [0.25, 0.3) is 0 Å². The lowest BCUT2D eigenvalue weighted by Gasteiger charge is -2.36. The van der Waals surface area contributed by atoms with E-state index in [0.717, 1.165) is 24.0 Å². The molecule has 1 heterocycles. The quantitative estimate of drug-likeness (QED) is 0.624. The van der Waals surface area contributed by atoms with Gasteiger partial charge >= 0.3 is 12.1 Å². The molecule has 1 N–H and O–H groups in total. The Morgan fingerprint density at radius 1 is 1.11 bits per heavy atom. The van der Waals surface area contributed by atoms with Crippen LogP contribution >= 0.6 is 0 Å². The summed E-state index contributed by atoms with van der Waals surface area (Å²) in [6.45, 7) is 10.9. The fourth-order valence-corrected chi connectivity index (χ4v) is 3.30.